The fourth-order valence-corrected chi connectivity index (χ4v) is 3.92. The van der Waals surface area contributed by atoms with E-state index in [0.29, 0.717) is 19.7 Å². The van der Waals surface area contributed by atoms with Gasteiger partial charge in [0.05, 0.1) is 5.56 Å². The van der Waals surface area contributed by atoms with E-state index in [2.05, 4.69) is 45.1 Å². The number of anilines is 1. The molecule has 0 radical (unpaired) electrons. The van der Waals surface area contributed by atoms with Crippen molar-refractivity contribution in [2.45, 2.75) is 6.61 Å². The number of ether oxygens (including phenoxy) is 1. The lowest BCUT2D eigenvalue weighted by Crippen LogP contribution is -2.48. The quantitative estimate of drug-likeness (QED) is 0.548. The Bertz CT molecular complexity index is 952. The summed E-state index contributed by atoms with van der Waals surface area (Å²) in [4.78, 5) is 17.0. The van der Waals surface area contributed by atoms with Crippen LogP contribution in [0.2, 0.25) is 0 Å². The van der Waals surface area contributed by atoms with E-state index < -0.39 is 0 Å². The van der Waals surface area contributed by atoms with E-state index in [0.717, 1.165) is 40.1 Å². The highest BCUT2D eigenvalue weighted by Crippen LogP contribution is 2.23. The number of benzene rings is 3. The zero-order valence-corrected chi connectivity index (χ0v) is 17.7. The number of piperazine rings is 1. The van der Waals surface area contributed by atoms with Crippen molar-refractivity contribution in [1.82, 2.24) is 4.90 Å². The molecule has 0 N–H and O–H groups in total. The number of nitrogens with zero attached hydrogens (tertiary/aromatic N) is 2. The Balaban J connectivity index is 1.31. The van der Waals surface area contributed by atoms with Crippen molar-refractivity contribution in [3.8, 4) is 5.75 Å². The first kappa shape index (κ1) is 19.5. The Morgan fingerprint density at radius 3 is 2.17 bits per heavy atom. The zero-order valence-electron chi connectivity index (χ0n) is 16.1. The summed E-state index contributed by atoms with van der Waals surface area (Å²) < 4.78 is 6.71. The fraction of sp³-hybridized carbons (Fsp3) is 0.208. The third kappa shape index (κ3) is 4.80. The van der Waals surface area contributed by atoms with Crippen LogP contribution in [0.4, 0.5) is 5.69 Å². The van der Waals surface area contributed by atoms with Gasteiger partial charge in [0.25, 0.3) is 5.91 Å². The van der Waals surface area contributed by atoms with E-state index in [1.54, 1.807) is 0 Å². The molecule has 1 heterocycles. The lowest BCUT2D eigenvalue weighted by Gasteiger charge is -2.36. The van der Waals surface area contributed by atoms with Gasteiger partial charge in [-0.15, -0.1) is 0 Å². The third-order valence-electron chi connectivity index (χ3n) is 5.12. The molecule has 1 fully saturated rings. The summed E-state index contributed by atoms with van der Waals surface area (Å²) in [5.74, 6) is 0.946. The average Bonchev–Trinajstić information content (AvgIpc) is 2.79. The minimum Gasteiger partial charge on any atom is -0.489 e. The molecular weight excluding hydrogens is 428 g/mol. The Labute approximate surface area is 179 Å². The lowest BCUT2D eigenvalue weighted by atomic mass is 10.1. The van der Waals surface area contributed by atoms with Gasteiger partial charge in [0.2, 0.25) is 0 Å². The molecular formula is C24H23BrN2O2. The molecule has 0 unspecified atom stereocenters. The number of halogens is 1. The van der Waals surface area contributed by atoms with Crippen LogP contribution in [0, 0.1) is 0 Å². The van der Waals surface area contributed by atoms with Crippen molar-refractivity contribution >= 4 is 27.5 Å². The summed E-state index contributed by atoms with van der Waals surface area (Å²) in [7, 11) is 0. The smallest absolute Gasteiger partial charge is 0.255 e. The summed E-state index contributed by atoms with van der Waals surface area (Å²) in [6.07, 6.45) is 0. The maximum atomic E-state index is 12.8. The van der Waals surface area contributed by atoms with Crippen LogP contribution in [0.5, 0.6) is 5.75 Å². The number of rotatable bonds is 5. The topological polar surface area (TPSA) is 32.8 Å². The Kier molecular flexibility index (Phi) is 6.15. The summed E-state index contributed by atoms with van der Waals surface area (Å²) in [5.41, 5.74) is 3.04. The molecule has 0 atom stereocenters. The molecule has 1 saturated heterocycles. The SMILES string of the molecule is O=C(c1ccccc1Br)N1CCN(c2ccc(OCc3ccccc3)cc2)CC1. The molecule has 0 bridgehead atoms. The van der Waals surface area contributed by atoms with E-state index in [9.17, 15) is 4.79 Å². The van der Waals surface area contributed by atoms with Gasteiger partial charge in [0.15, 0.2) is 0 Å². The first-order valence-electron chi connectivity index (χ1n) is 9.76. The molecule has 0 spiro atoms. The first-order valence-corrected chi connectivity index (χ1v) is 10.6. The predicted molar refractivity (Wildman–Crippen MR) is 119 cm³/mol. The van der Waals surface area contributed by atoms with Crippen LogP contribution < -0.4 is 9.64 Å². The second-order valence-electron chi connectivity index (χ2n) is 7.03. The molecule has 1 aliphatic rings. The molecule has 1 aliphatic heterocycles. The van der Waals surface area contributed by atoms with Gasteiger partial charge in [-0.25, -0.2) is 0 Å². The summed E-state index contributed by atoms with van der Waals surface area (Å²) in [5, 5.41) is 0. The monoisotopic (exact) mass is 450 g/mol. The van der Waals surface area contributed by atoms with Gasteiger partial charge in [0.1, 0.15) is 12.4 Å². The van der Waals surface area contributed by atoms with E-state index in [-0.39, 0.29) is 5.91 Å². The summed E-state index contributed by atoms with van der Waals surface area (Å²) in [6.45, 7) is 3.63. The Hall–Kier alpha value is -2.79. The van der Waals surface area contributed by atoms with Crippen molar-refractivity contribution in [1.29, 1.82) is 0 Å². The number of hydrogen-bond donors (Lipinski definition) is 0. The van der Waals surface area contributed by atoms with Crippen molar-refractivity contribution in [3.05, 3.63) is 94.5 Å². The van der Waals surface area contributed by atoms with Crippen molar-refractivity contribution in [2.24, 2.45) is 0 Å². The van der Waals surface area contributed by atoms with Crippen LogP contribution in [0.25, 0.3) is 0 Å². The van der Waals surface area contributed by atoms with Crippen LogP contribution in [0.15, 0.2) is 83.3 Å². The van der Waals surface area contributed by atoms with Crippen LogP contribution in [-0.4, -0.2) is 37.0 Å². The Morgan fingerprint density at radius 1 is 0.828 bits per heavy atom. The minimum absolute atomic E-state index is 0.0850. The van der Waals surface area contributed by atoms with Crippen molar-refractivity contribution in [2.75, 3.05) is 31.1 Å². The number of carbonyl (C=O) groups is 1. The van der Waals surface area contributed by atoms with E-state index in [1.165, 1.54) is 0 Å². The van der Waals surface area contributed by atoms with Crippen LogP contribution in [0.1, 0.15) is 15.9 Å². The minimum atomic E-state index is 0.0850. The molecule has 4 nitrogen and oxygen atoms in total. The van der Waals surface area contributed by atoms with Gasteiger partial charge in [-0.3, -0.25) is 4.79 Å². The molecule has 0 saturated carbocycles. The molecule has 3 aromatic rings. The summed E-state index contributed by atoms with van der Waals surface area (Å²) >= 11 is 3.48. The van der Waals surface area contributed by atoms with E-state index >= 15 is 0 Å². The number of amides is 1. The van der Waals surface area contributed by atoms with Gasteiger partial charge < -0.3 is 14.5 Å². The molecule has 0 aliphatic carbocycles. The molecule has 148 valence electrons. The lowest BCUT2D eigenvalue weighted by molar-refractivity contribution is 0.0746. The number of carbonyl (C=O) groups excluding carboxylic acids is 1. The molecule has 3 aromatic carbocycles. The molecule has 1 amide bonds. The summed E-state index contributed by atoms with van der Waals surface area (Å²) in [6, 6.07) is 26.0. The largest absolute Gasteiger partial charge is 0.489 e. The van der Waals surface area contributed by atoms with Gasteiger partial charge in [-0.1, -0.05) is 42.5 Å². The van der Waals surface area contributed by atoms with Gasteiger partial charge in [-0.05, 0) is 57.9 Å². The second kappa shape index (κ2) is 9.14. The second-order valence-corrected chi connectivity index (χ2v) is 7.88. The van der Waals surface area contributed by atoms with Gasteiger partial charge in [0, 0.05) is 36.3 Å². The van der Waals surface area contributed by atoms with Gasteiger partial charge in [-0.2, -0.15) is 0 Å². The maximum absolute atomic E-state index is 12.8. The molecule has 0 aromatic heterocycles. The first-order chi connectivity index (χ1) is 14.2. The van der Waals surface area contributed by atoms with Crippen molar-refractivity contribution < 1.29 is 9.53 Å². The van der Waals surface area contributed by atoms with E-state index in [4.69, 9.17) is 4.74 Å². The molecule has 29 heavy (non-hydrogen) atoms. The zero-order chi connectivity index (χ0) is 20.1. The molecule has 5 heteroatoms. The highest BCUT2D eigenvalue weighted by atomic mass is 79.9. The highest BCUT2D eigenvalue weighted by molar-refractivity contribution is 9.10. The van der Waals surface area contributed by atoms with Crippen LogP contribution in [-0.2, 0) is 6.61 Å². The normalized spacial score (nSPS) is 14.0. The van der Waals surface area contributed by atoms with Gasteiger partial charge >= 0.3 is 0 Å². The third-order valence-corrected chi connectivity index (χ3v) is 5.81. The predicted octanol–water partition coefficient (Wildman–Crippen LogP) is 4.99. The fourth-order valence-electron chi connectivity index (χ4n) is 3.47. The maximum Gasteiger partial charge on any atom is 0.255 e. The van der Waals surface area contributed by atoms with Crippen LogP contribution in [0.3, 0.4) is 0 Å². The molecule has 4 rings (SSSR count). The number of hydrogen-bond acceptors (Lipinski definition) is 3. The standard InChI is InChI=1S/C24H23BrN2O2/c25-23-9-5-4-8-22(23)24(28)27-16-14-26(15-17-27)20-10-12-21(13-11-20)29-18-19-6-2-1-3-7-19/h1-13H,14-18H2. The van der Waals surface area contributed by atoms with Crippen LogP contribution >= 0.6 is 15.9 Å². The Morgan fingerprint density at radius 2 is 1.48 bits per heavy atom. The average molecular weight is 451 g/mol. The highest BCUT2D eigenvalue weighted by Gasteiger charge is 2.23. The van der Waals surface area contributed by atoms with Crippen molar-refractivity contribution in [3.63, 3.8) is 0 Å². The van der Waals surface area contributed by atoms with E-state index in [1.807, 2.05) is 59.5 Å².